The van der Waals surface area contributed by atoms with E-state index >= 15 is 0 Å². The molecular formula is C12H26N2O3. The zero-order valence-electron chi connectivity index (χ0n) is 11.0. The number of aliphatic hydroxyl groups excluding tert-OH is 1. The molecule has 5 heteroatoms. The number of carbonyl (C=O) groups excluding carboxylic acids is 1. The van der Waals surface area contributed by atoms with Crippen LogP contribution < -0.4 is 10.6 Å². The minimum absolute atomic E-state index is 0.0888. The Morgan fingerprint density at radius 2 is 2.00 bits per heavy atom. The van der Waals surface area contributed by atoms with Crippen molar-refractivity contribution in [3.05, 3.63) is 0 Å². The van der Waals surface area contributed by atoms with Crippen LogP contribution >= 0.6 is 0 Å². The van der Waals surface area contributed by atoms with Gasteiger partial charge in [0.15, 0.2) is 0 Å². The van der Waals surface area contributed by atoms with Crippen LogP contribution in [0.1, 0.15) is 33.1 Å². The van der Waals surface area contributed by atoms with E-state index < -0.39 is 0 Å². The van der Waals surface area contributed by atoms with Gasteiger partial charge in [-0.25, -0.2) is 4.79 Å². The van der Waals surface area contributed by atoms with Gasteiger partial charge in [-0.05, 0) is 18.8 Å². The maximum absolute atomic E-state index is 11.3. The lowest BCUT2D eigenvalue weighted by Crippen LogP contribution is -2.39. The van der Waals surface area contributed by atoms with Crippen LogP contribution in [0.15, 0.2) is 0 Å². The minimum atomic E-state index is -0.182. The highest BCUT2D eigenvalue weighted by molar-refractivity contribution is 5.73. The summed E-state index contributed by atoms with van der Waals surface area (Å²) in [6.07, 6.45) is 3.06. The Hall–Kier alpha value is -0.810. The second kappa shape index (κ2) is 11.7. The third-order valence-electron chi connectivity index (χ3n) is 2.32. The molecule has 0 aromatic carbocycles. The first kappa shape index (κ1) is 16.2. The summed E-state index contributed by atoms with van der Waals surface area (Å²) in [5.41, 5.74) is 0. The second-order valence-electron chi connectivity index (χ2n) is 4.24. The summed E-state index contributed by atoms with van der Waals surface area (Å²) in [6, 6.07) is -0.182. The van der Waals surface area contributed by atoms with Gasteiger partial charge in [0, 0.05) is 32.9 Å². The third kappa shape index (κ3) is 11.5. The molecule has 0 radical (unpaired) electrons. The van der Waals surface area contributed by atoms with E-state index in [9.17, 15) is 4.79 Å². The fourth-order valence-electron chi connectivity index (χ4n) is 1.12. The number of hydrogen-bond acceptors (Lipinski definition) is 3. The van der Waals surface area contributed by atoms with E-state index in [4.69, 9.17) is 9.84 Å². The SMILES string of the molecule is CCCCOCCCNC(=O)NCC(C)CO. The van der Waals surface area contributed by atoms with E-state index in [0.29, 0.717) is 19.7 Å². The fraction of sp³-hybridized carbons (Fsp3) is 0.917. The number of carbonyl (C=O) groups is 1. The van der Waals surface area contributed by atoms with E-state index in [1.165, 1.54) is 0 Å². The number of amides is 2. The topological polar surface area (TPSA) is 70.6 Å². The van der Waals surface area contributed by atoms with Crippen molar-refractivity contribution in [2.24, 2.45) is 5.92 Å². The normalized spacial score (nSPS) is 12.2. The number of ether oxygens (including phenoxy) is 1. The summed E-state index contributed by atoms with van der Waals surface area (Å²) in [5.74, 6) is 0.0955. The number of urea groups is 1. The van der Waals surface area contributed by atoms with Crippen LogP contribution in [0, 0.1) is 5.92 Å². The molecule has 0 aliphatic carbocycles. The van der Waals surface area contributed by atoms with Gasteiger partial charge in [-0.15, -0.1) is 0 Å². The Kier molecular flexibility index (Phi) is 11.1. The maximum atomic E-state index is 11.3. The molecule has 1 atom stereocenters. The van der Waals surface area contributed by atoms with Gasteiger partial charge in [-0.1, -0.05) is 20.3 Å². The van der Waals surface area contributed by atoms with E-state index in [-0.39, 0.29) is 18.6 Å². The zero-order valence-corrected chi connectivity index (χ0v) is 11.0. The standard InChI is InChI=1S/C12H26N2O3/c1-3-4-7-17-8-5-6-13-12(16)14-9-11(2)10-15/h11,15H,3-10H2,1-2H3,(H2,13,14,16). The molecule has 2 amide bonds. The van der Waals surface area contributed by atoms with Gasteiger partial charge in [0.05, 0.1) is 0 Å². The molecule has 0 bridgehead atoms. The van der Waals surface area contributed by atoms with Gasteiger partial charge >= 0.3 is 6.03 Å². The Labute approximate surface area is 104 Å². The van der Waals surface area contributed by atoms with Crippen LogP contribution in [0.3, 0.4) is 0 Å². The minimum Gasteiger partial charge on any atom is -0.396 e. The number of rotatable bonds is 10. The number of hydrogen-bond donors (Lipinski definition) is 3. The summed E-state index contributed by atoms with van der Waals surface area (Å²) < 4.78 is 5.37. The lowest BCUT2D eigenvalue weighted by molar-refractivity contribution is 0.129. The first-order chi connectivity index (χ1) is 8.20. The smallest absolute Gasteiger partial charge is 0.314 e. The average Bonchev–Trinajstić information content (AvgIpc) is 2.34. The van der Waals surface area contributed by atoms with Crippen molar-refractivity contribution in [1.29, 1.82) is 0 Å². The summed E-state index contributed by atoms with van der Waals surface area (Å²) in [6.45, 7) is 6.70. The molecule has 3 N–H and O–H groups in total. The van der Waals surface area contributed by atoms with Gasteiger partial charge in [0.25, 0.3) is 0 Å². The molecule has 0 saturated heterocycles. The monoisotopic (exact) mass is 246 g/mol. The molecule has 102 valence electrons. The first-order valence-corrected chi connectivity index (χ1v) is 6.41. The van der Waals surface area contributed by atoms with Crippen molar-refractivity contribution < 1.29 is 14.6 Å². The van der Waals surface area contributed by atoms with Crippen molar-refractivity contribution in [2.45, 2.75) is 33.1 Å². The molecule has 1 unspecified atom stereocenters. The molecule has 0 aromatic rings. The fourth-order valence-corrected chi connectivity index (χ4v) is 1.12. The molecule has 0 rings (SSSR count). The highest BCUT2D eigenvalue weighted by atomic mass is 16.5. The van der Waals surface area contributed by atoms with Crippen LogP contribution in [0.2, 0.25) is 0 Å². The van der Waals surface area contributed by atoms with Crippen LogP contribution in [0.25, 0.3) is 0 Å². The van der Waals surface area contributed by atoms with E-state index in [1.54, 1.807) is 0 Å². The number of unbranched alkanes of at least 4 members (excludes halogenated alkanes) is 1. The van der Waals surface area contributed by atoms with Crippen LogP contribution in [0.4, 0.5) is 4.79 Å². The van der Waals surface area contributed by atoms with Gasteiger partial charge < -0.3 is 20.5 Å². The Morgan fingerprint density at radius 3 is 2.65 bits per heavy atom. The molecule has 17 heavy (non-hydrogen) atoms. The number of nitrogens with one attached hydrogen (secondary N) is 2. The largest absolute Gasteiger partial charge is 0.396 e. The molecule has 0 heterocycles. The van der Waals surface area contributed by atoms with Crippen LogP contribution in [-0.4, -0.2) is 44.0 Å². The van der Waals surface area contributed by atoms with Gasteiger partial charge in [-0.2, -0.15) is 0 Å². The van der Waals surface area contributed by atoms with E-state index in [2.05, 4.69) is 17.6 Å². The Balaban J connectivity index is 3.22. The quantitative estimate of drug-likeness (QED) is 0.506. The first-order valence-electron chi connectivity index (χ1n) is 6.41. The van der Waals surface area contributed by atoms with Gasteiger partial charge in [0.2, 0.25) is 0 Å². The Bertz CT molecular complexity index is 189. The average molecular weight is 246 g/mol. The summed E-state index contributed by atoms with van der Waals surface area (Å²) in [4.78, 5) is 11.3. The summed E-state index contributed by atoms with van der Waals surface area (Å²) in [7, 11) is 0. The molecule has 0 fully saturated rings. The van der Waals surface area contributed by atoms with Crippen molar-refractivity contribution in [3.8, 4) is 0 Å². The second-order valence-corrected chi connectivity index (χ2v) is 4.24. The maximum Gasteiger partial charge on any atom is 0.314 e. The van der Waals surface area contributed by atoms with E-state index in [1.807, 2.05) is 6.92 Å². The van der Waals surface area contributed by atoms with E-state index in [0.717, 1.165) is 25.9 Å². The zero-order chi connectivity index (χ0) is 12.9. The molecule has 0 aliphatic rings. The molecule has 0 saturated carbocycles. The van der Waals surface area contributed by atoms with Crippen molar-refractivity contribution in [1.82, 2.24) is 10.6 Å². The molecule has 0 aliphatic heterocycles. The molecule has 0 aromatic heterocycles. The van der Waals surface area contributed by atoms with Crippen molar-refractivity contribution in [2.75, 3.05) is 32.9 Å². The lowest BCUT2D eigenvalue weighted by atomic mass is 10.2. The lowest BCUT2D eigenvalue weighted by Gasteiger charge is -2.10. The third-order valence-corrected chi connectivity index (χ3v) is 2.32. The van der Waals surface area contributed by atoms with Crippen molar-refractivity contribution in [3.63, 3.8) is 0 Å². The Morgan fingerprint density at radius 1 is 1.29 bits per heavy atom. The predicted molar refractivity (Wildman–Crippen MR) is 68.0 cm³/mol. The molecular weight excluding hydrogens is 220 g/mol. The van der Waals surface area contributed by atoms with Gasteiger partial charge in [-0.3, -0.25) is 0 Å². The number of aliphatic hydroxyl groups is 1. The van der Waals surface area contributed by atoms with Crippen LogP contribution in [-0.2, 0) is 4.74 Å². The summed E-state index contributed by atoms with van der Waals surface area (Å²) in [5, 5.41) is 14.2. The highest BCUT2D eigenvalue weighted by Gasteiger charge is 2.02. The van der Waals surface area contributed by atoms with Crippen LogP contribution in [0.5, 0.6) is 0 Å². The highest BCUT2D eigenvalue weighted by Crippen LogP contribution is 1.90. The van der Waals surface area contributed by atoms with Gasteiger partial charge in [0.1, 0.15) is 0 Å². The predicted octanol–water partition coefficient (Wildman–Crippen LogP) is 1.12. The molecule has 5 nitrogen and oxygen atoms in total. The van der Waals surface area contributed by atoms with Crippen molar-refractivity contribution >= 4 is 6.03 Å². The molecule has 0 spiro atoms. The summed E-state index contributed by atoms with van der Waals surface area (Å²) >= 11 is 0.